The van der Waals surface area contributed by atoms with E-state index in [0.29, 0.717) is 0 Å². The lowest BCUT2D eigenvalue weighted by Crippen LogP contribution is -2.34. The van der Waals surface area contributed by atoms with Crippen LogP contribution < -0.4 is 0 Å². The minimum absolute atomic E-state index is 0.822. The van der Waals surface area contributed by atoms with E-state index >= 15 is 0 Å². The van der Waals surface area contributed by atoms with Crippen molar-refractivity contribution in [2.75, 3.05) is 20.1 Å². The summed E-state index contributed by atoms with van der Waals surface area (Å²) in [6.45, 7) is 4.69. The number of alkyl halides is 1. The number of rotatable bonds is 3. The fourth-order valence-corrected chi connectivity index (χ4v) is 2.43. The van der Waals surface area contributed by atoms with E-state index in [2.05, 4.69) is 34.8 Å². The van der Waals surface area contributed by atoms with Crippen molar-refractivity contribution < 1.29 is 0 Å². The molecule has 0 atom stereocenters. The van der Waals surface area contributed by atoms with Crippen molar-refractivity contribution in [3.8, 4) is 0 Å². The topological polar surface area (TPSA) is 3.24 Å². The van der Waals surface area contributed by atoms with Crippen LogP contribution in [0.1, 0.15) is 19.8 Å². The quantitative estimate of drug-likeness (QED) is 0.639. The monoisotopic (exact) mass is 205 g/mol. The van der Waals surface area contributed by atoms with Crippen LogP contribution in [-0.2, 0) is 0 Å². The number of nitrogens with zero attached hydrogens (tertiary/aromatic N) is 1. The summed E-state index contributed by atoms with van der Waals surface area (Å²) in [7, 11) is 2.20. The Balaban J connectivity index is 2.04. The van der Waals surface area contributed by atoms with Gasteiger partial charge < -0.3 is 4.90 Å². The van der Waals surface area contributed by atoms with Gasteiger partial charge in [0, 0.05) is 11.4 Å². The zero-order valence-corrected chi connectivity index (χ0v) is 8.39. The molecule has 1 aliphatic rings. The second kappa shape index (κ2) is 3.72. The SMILES string of the molecule is CCN(C)CC1CC(Br)C1. The predicted molar refractivity (Wildman–Crippen MR) is 48.6 cm³/mol. The number of hydrogen-bond donors (Lipinski definition) is 0. The highest BCUT2D eigenvalue weighted by Crippen LogP contribution is 2.33. The molecule has 2 heteroatoms. The van der Waals surface area contributed by atoms with Crippen LogP contribution in [0.15, 0.2) is 0 Å². The average Bonchev–Trinajstić information content (AvgIpc) is 1.84. The lowest BCUT2D eigenvalue weighted by molar-refractivity contribution is 0.220. The van der Waals surface area contributed by atoms with E-state index in [-0.39, 0.29) is 0 Å². The van der Waals surface area contributed by atoms with Crippen LogP contribution >= 0.6 is 15.9 Å². The summed E-state index contributed by atoms with van der Waals surface area (Å²) in [6, 6.07) is 0. The fraction of sp³-hybridized carbons (Fsp3) is 1.00. The molecular formula is C8H16BrN. The van der Waals surface area contributed by atoms with Crippen molar-refractivity contribution in [2.45, 2.75) is 24.6 Å². The maximum Gasteiger partial charge on any atom is 0.0152 e. The van der Waals surface area contributed by atoms with Crippen LogP contribution in [0.25, 0.3) is 0 Å². The Labute approximate surface area is 71.9 Å². The molecule has 0 saturated heterocycles. The van der Waals surface area contributed by atoms with Crippen LogP contribution in [0.5, 0.6) is 0 Å². The Morgan fingerprint density at radius 3 is 2.50 bits per heavy atom. The van der Waals surface area contributed by atoms with Crippen molar-refractivity contribution in [3.05, 3.63) is 0 Å². The first-order chi connectivity index (χ1) is 4.72. The minimum atomic E-state index is 0.822. The minimum Gasteiger partial charge on any atom is -0.306 e. The third kappa shape index (κ3) is 2.24. The molecule has 0 N–H and O–H groups in total. The molecule has 10 heavy (non-hydrogen) atoms. The van der Waals surface area contributed by atoms with Gasteiger partial charge in [-0.3, -0.25) is 0 Å². The molecule has 0 aromatic carbocycles. The van der Waals surface area contributed by atoms with E-state index in [1.165, 1.54) is 25.9 Å². The lowest BCUT2D eigenvalue weighted by Gasteiger charge is -2.34. The molecule has 60 valence electrons. The lowest BCUT2D eigenvalue weighted by atomic mass is 9.85. The summed E-state index contributed by atoms with van der Waals surface area (Å²) < 4.78 is 0. The standard InChI is InChI=1S/C8H16BrN/c1-3-10(2)6-7-4-8(9)5-7/h7-8H,3-6H2,1-2H3. The Hall–Kier alpha value is 0.440. The van der Waals surface area contributed by atoms with Crippen molar-refractivity contribution >= 4 is 15.9 Å². The van der Waals surface area contributed by atoms with Gasteiger partial charge in [0.25, 0.3) is 0 Å². The van der Waals surface area contributed by atoms with E-state index in [1.54, 1.807) is 0 Å². The Bertz CT molecular complexity index is 99.4. The molecule has 0 aromatic heterocycles. The first kappa shape index (κ1) is 8.54. The summed E-state index contributed by atoms with van der Waals surface area (Å²) in [6.07, 6.45) is 2.76. The summed E-state index contributed by atoms with van der Waals surface area (Å²) in [5.41, 5.74) is 0. The van der Waals surface area contributed by atoms with Gasteiger partial charge in [0.05, 0.1) is 0 Å². The maximum absolute atomic E-state index is 3.59. The molecular weight excluding hydrogens is 190 g/mol. The van der Waals surface area contributed by atoms with Crippen LogP contribution in [0, 0.1) is 5.92 Å². The largest absolute Gasteiger partial charge is 0.306 e. The van der Waals surface area contributed by atoms with Crippen LogP contribution in [0.3, 0.4) is 0 Å². The Morgan fingerprint density at radius 2 is 2.10 bits per heavy atom. The van der Waals surface area contributed by atoms with Gasteiger partial charge in [-0.15, -0.1) is 0 Å². The molecule has 0 radical (unpaired) electrons. The maximum atomic E-state index is 3.59. The van der Waals surface area contributed by atoms with Gasteiger partial charge in [-0.25, -0.2) is 0 Å². The van der Waals surface area contributed by atoms with Crippen molar-refractivity contribution in [1.29, 1.82) is 0 Å². The first-order valence-electron chi connectivity index (χ1n) is 4.05. The number of hydrogen-bond acceptors (Lipinski definition) is 1. The number of halogens is 1. The summed E-state index contributed by atoms with van der Waals surface area (Å²) >= 11 is 3.59. The molecule has 0 unspecified atom stereocenters. The molecule has 0 aliphatic heterocycles. The van der Waals surface area contributed by atoms with Gasteiger partial charge in [-0.05, 0) is 32.4 Å². The molecule has 0 bridgehead atoms. The van der Waals surface area contributed by atoms with E-state index in [0.717, 1.165) is 10.7 Å². The van der Waals surface area contributed by atoms with E-state index < -0.39 is 0 Å². The van der Waals surface area contributed by atoms with Gasteiger partial charge in [0.15, 0.2) is 0 Å². The van der Waals surface area contributed by atoms with Gasteiger partial charge in [-0.2, -0.15) is 0 Å². The average molecular weight is 206 g/mol. The Morgan fingerprint density at radius 1 is 1.50 bits per heavy atom. The second-order valence-corrected chi connectivity index (χ2v) is 4.58. The normalized spacial score (nSPS) is 32.4. The highest BCUT2D eigenvalue weighted by molar-refractivity contribution is 9.09. The van der Waals surface area contributed by atoms with Crippen LogP contribution in [0.4, 0.5) is 0 Å². The molecule has 1 rings (SSSR count). The molecule has 0 spiro atoms. The molecule has 0 amide bonds. The van der Waals surface area contributed by atoms with Crippen molar-refractivity contribution in [3.63, 3.8) is 0 Å². The summed E-state index contributed by atoms with van der Waals surface area (Å²) in [5.74, 6) is 0.967. The highest BCUT2D eigenvalue weighted by Gasteiger charge is 2.26. The van der Waals surface area contributed by atoms with Crippen molar-refractivity contribution in [1.82, 2.24) is 4.90 Å². The predicted octanol–water partition coefficient (Wildman–Crippen LogP) is 2.11. The third-order valence-electron chi connectivity index (χ3n) is 2.29. The Kier molecular flexibility index (Phi) is 3.18. The zero-order valence-electron chi connectivity index (χ0n) is 6.81. The van der Waals surface area contributed by atoms with E-state index in [9.17, 15) is 0 Å². The molecule has 1 saturated carbocycles. The van der Waals surface area contributed by atoms with Crippen LogP contribution in [0.2, 0.25) is 0 Å². The second-order valence-electron chi connectivity index (χ2n) is 3.29. The molecule has 1 aliphatic carbocycles. The third-order valence-corrected chi connectivity index (χ3v) is 3.04. The van der Waals surface area contributed by atoms with Crippen molar-refractivity contribution in [2.24, 2.45) is 5.92 Å². The molecule has 0 heterocycles. The van der Waals surface area contributed by atoms with E-state index in [4.69, 9.17) is 0 Å². The van der Waals surface area contributed by atoms with Gasteiger partial charge in [0.1, 0.15) is 0 Å². The summed E-state index contributed by atoms with van der Waals surface area (Å²) in [4.78, 5) is 3.21. The zero-order chi connectivity index (χ0) is 7.56. The van der Waals surface area contributed by atoms with Crippen LogP contribution in [-0.4, -0.2) is 29.9 Å². The van der Waals surface area contributed by atoms with Gasteiger partial charge >= 0.3 is 0 Å². The van der Waals surface area contributed by atoms with E-state index in [1.807, 2.05) is 0 Å². The first-order valence-corrected chi connectivity index (χ1v) is 4.96. The van der Waals surface area contributed by atoms with Gasteiger partial charge in [-0.1, -0.05) is 22.9 Å². The highest BCUT2D eigenvalue weighted by atomic mass is 79.9. The molecule has 1 nitrogen and oxygen atoms in total. The smallest absolute Gasteiger partial charge is 0.0152 e. The molecule has 1 fully saturated rings. The molecule has 0 aromatic rings. The van der Waals surface area contributed by atoms with Gasteiger partial charge in [0.2, 0.25) is 0 Å². The fourth-order valence-electron chi connectivity index (χ4n) is 1.37. The summed E-state index contributed by atoms with van der Waals surface area (Å²) in [5, 5.41) is 0.